The molecule has 2 aliphatic heterocycles. The molecule has 4 heterocycles. The zero-order chi connectivity index (χ0) is 31.6. The van der Waals surface area contributed by atoms with Gasteiger partial charge in [0.05, 0.1) is 40.3 Å². The lowest BCUT2D eigenvalue weighted by Gasteiger charge is -2.47. The number of aliphatic hydroxyl groups excluding tert-OH is 1. The van der Waals surface area contributed by atoms with Crippen LogP contribution in [0.25, 0.3) is 27.7 Å². The predicted octanol–water partition coefficient (Wildman–Crippen LogP) is 5.55. The number of amides is 1. The fourth-order valence-electron chi connectivity index (χ4n) is 6.73. The first-order valence-corrected chi connectivity index (χ1v) is 14.7. The van der Waals surface area contributed by atoms with Crippen molar-refractivity contribution in [1.29, 1.82) is 0 Å². The minimum Gasteiger partial charge on any atom is -0.507 e. The fourth-order valence-corrected chi connectivity index (χ4v) is 6.73. The molecule has 0 spiro atoms. The third-order valence-electron chi connectivity index (χ3n) is 8.72. The highest BCUT2D eigenvalue weighted by Crippen LogP contribution is 2.47. The lowest BCUT2D eigenvalue weighted by atomic mass is 9.89. The molecule has 11 heteroatoms. The second-order valence-electron chi connectivity index (χ2n) is 12.0. The SMILES string of the molecule is Cc1ccnc(C(C)C)c1-n1c(=O)c2c(c3cc(F)c(-c4c(O)cccc4F)c(F)c31)N1C[C@@H](C)CC[C@@H]1C(=O)N2CCO. The molecule has 44 heavy (non-hydrogen) atoms. The molecular weight excluding hydrogens is 573 g/mol. The number of carbonyl (C=O) groups is 1. The number of aromatic hydroxyl groups is 1. The molecule has 1 saturated heterocycles. The smallest absolute Gasteiger partial charge is 0.281 e. The molecule has 1 fully saturated rings. The number of aliphatic hydroxyl groups is 1. The first-order valence-electron chi connectivity index (χ1n) is 14.7. The van der Waals surface area contributed by atoms with E-state index in [-0.39, 0.29) is 52.3 Å². The number of phenolic OH excluding ortho intramolecular Hbond substituents is 1. The highest BCUT2D eigenvalue weighted by Gasteiger charge is 2.44. The van der Waals surface area contributed by atoms with Crippen LogP contribution in [0.1, 0.15) is 50.8 Å². The maximum Gasteiger partial charge on any atom is 0.281 e. The quantitative estimate of drug-likeness (QED) is 0.309. The van der Waals surface area contributed by atoms with Crippen molar-refractivity contribution in [2.24, 2.45) is 5.92 Å². The Morgan fingerprint density at radius 3 is 2.45 bits per heavy atom. The number of piperidine rings is 1. The summed E-state index contributed by atoms with van der Waals surface area (Å²) in [7, 11) is 0. The number of rotatable bonds is 5. The summed E-state index contributed by atoms with van der Waals surface area (Å²) < 4.78 is 49.5. The van der Waals surface area contributed by atoms with Crippen LogP contribution in [0.4, 0.5) is 24.5 Å². The normalized spacial score (nSPS) is 18.2. The summed E-state index contributed by atoms with van der Waals surface area (Å²) in [6.07, 6.45) is 2.76. The number of pyridine rings is 2. The molecule has 0 aliphatic carbocycles. The number of nitrogens with zero attached hydrogens (tertiary/aromatic N) is 4. The Kier molecular flexibility index (Phi) is 7.39. The number of phenols is 1. The fraction of sp³-hybridized carbons (Fsp3) is 0.364. The van der Waals surface area contributed by atoms with Crippen molar-refractivity contribution in [2.45, 2.75) is 52.5 Å². The summed E-state index contributed by atoms with van der Waals surface area (Å²) in [5.74, 6) is -4.59. The van der Waals surface area contributed by atoms with Gasteiger partial charge in [-0.1, -0.05) is 26.8 Å². The molecule has 2 aromatic carbocycles. The van der Waals surface area contributed by atoms with E-state index in [4.69, 9.17) is 0 Å². The summed E-state index contributed by atoms with van der Waals surface area (Å²) in [5.41, 5.74) is -1.25. The number of fused-ring (bicyclic) bond motifs is 5. The Morgan fingerprint density at radius 1 is 1.02 bits per heavy atom. The number of aryl methyl sites for hydroxylation is 1. The van der Waals surface area contributed by atoms with Gasteiger partial charge in [-0.25, -0.2) is 13.2 Å². The Hall–Kier alpha value is -4.38. The zero-order valence-corrected chi connectivity index (χ0v) is 24.9. The maximum atomic E-state index is 17.1. The van der Waals surface area contributed by atoms with Crippen LogP contribution in [0.15, 0.2) is 41.3 Å². The molecule has 8 nitrogen and oxygen atoms in total. The molecule has 0 saturated carbocycles. The van der Waals surface area contributed by atoms with Crippen molar-refractivity contribution < 1.29 is 28.2 Å². The van der Waals surface area contributed by atoms with E-state index >= 15 is 13.2 Å². The first-order chi connectivity index (χ1) is 21.0. The number of benzene rings is 2. The Balaban J connectivity index is 1.87. The molecule has 1 amide bonds. The summed E-state index contributed by atoms with van der Waals surface area (Å²) in [6.45, 7) is 7.17. The topological polar surface area (TPSA) is 98.9 Å². The molecule has 4 aromatic rings. The third kappa shape index (κ3) is 4.36. The van der Waals surface area contributed by atoms with Crippen molar-refractivity contribution in [1.82, 2.24) is 9.55 Å². The van der Waals surface area contributed by atoms with E-state index in [2.05, 4.69) is 4.98 Å². The third-order valence-corrected chi connectivity index (χ3v) is 8.72. The van der Waals surface area contributed by atoms with E-state index in [0.717, 1.165) is 29.2 Å². The van der Waals surface area contributed by atoms with E-state index < -0.39 is 52.5 Å². The number of aromatic nitrogens is 2. The summed E-state index contributed by atoms with van der Waals surface area (Å²) in [5, 5.41) is 20.5. The van der Waals surface area contributed by atoms with Gasteiger partial charge in [-0.3, -0.25) is 19.1 Å². The van der Waals surface area contributed by atoms with Gasteiger partial charge in [-0.2, -0.15) is 0 Å². The average Bonchev–Trinajstić information content (AvgIpc) is 2.97. The number of hydrogen-bond donors (Lipinski definition) is 2. The van der Waals surface area contributed by atoms with Crippen molar-refractivity contribution in [3.05, 3.63) is 75.6 Å². The Bertz CT molecular complexity index is 1870. The molecule has 0 radical (unpaired) electrons. The van der Waals surface area contributed by atoms with E-state index in [1.807, 2.05) is 20.8 Å². The molecule has 6 rings (SSSR count). The largest absolute Gasteiger partial charge is 0.507 e. The molecule has 0 bridgehead atoms. The van der Waals surface area contributed by atoms with Crippen molar-refractivity contribution in [2.75, 3.05) is 29.5 Å². The van der Waals surface area contributed by atoms with Crippen LogP contribution in [0.5, 0.6) is 5.75 Å². The van der Waals surface area contributed by atoms with E-state index in [1.165, 1.54) is 11.0 Å². The van der Waals surface area contributed by atoms with Gasteiger partial charge in [0.15, 0.2) is 5.82 Å². The molecular formula is C33H33F3N4O4. The first kappa shape index (κ1) is 29.7. The zero-order valence-electron chi connectivity index (χ0n) is 24.9. The van der Waals surface area contributed by atoms with E-state index in [0.29, 0.717) is 24.2 Å². The highest BCUT2D eigenvalue weighted by molar-refractivity contribution is 6.12. The minimum atomic E-state index is -1.24. The van der Waals surface area contributed by atoms with Crippen LogP contribution in [-0.4, -0.2) is 51.4 Å². The second-order valence-corrected chi connectivity index (χ2v) is 12.0. The Labute approximate surface area is 252 Å². The van der Waals surface area contributed by atoms with E-state index in [9.17, 15) is 19.8 Å². The minimum absolute atomic E-state index is 0.00155. The van der Waals surface area contributed by atoms with Crippen molar-refractivity contribution in [3.63, 3.8) is 0 Å². The predicted molar refractivity (Wildman–Crippen MR) is 162 cm³/mol. The summed E-state index contributed by atoms with van der Waals surface area (Å²) in [6, 6.07) is 5.33. The monoisotopic (exact) mass is 606 g/mol. The number of halogens is 3. The molecule has 2 aromatic heterocycles. The average molecular weight is 607 g/mol. The lowest BCUT2D eigenvalue weighted by Crippen LogP contribution is -2.59. The standard InChI is InChI=1S/C33H33F3N4O4/c1-16(2)27-28(18(4)10-11-37-27)40-29-19(14-21(35)25(26(29)36)24-20(34)6-5-7-23(24)42)30-31(33(40)44)38(12-13-41)32(43)22-9-8-17(3)15-39(22)30/h5-7,10-11,14,16-17,22,41-42H,8-9,12-13,15H2,1-4H3/t17-,22+/m0/s1. The van der Waals surface area contributed by atoms with Crippen LogP contribution in [-0.2, 0) is 4.79 Å². The van der Waals surface area contributed by atoms with Crippen LogP contribution < -0.4 is 15.4 Å². The summed E-state index contributed by atoms with van der Waals surface area (Å²) >= 11 is 0. The van der Waals surface area contributed by atoms with Gasteiger partial charge in [0.1, 0.15) is 29.1 Å². The van der Waals surface area contributed by atoms with Gasteiger partial charge in [-0.05, 0) is 61.4 Å². The van der Waals surface area contributed by atoms with Crippen LogP contribution in [0.3, 0.4) is 0 Å². The number of β-amino-alcohol motifs (C(OH)–C–C–N with tert-alkyl or cyclic N) is 1. The van der Waals surface area contributed by atoms with Gasteiger partial charge in [-0.15, -0.1) is 0 Å². The highest BCUT2D eigenvalue weighted by atomic mass is 19.1. The molecule has 2 N–H and O–H groups in total. The van der Waals surface area contributed by atoms with Crippen molar-refractivity contribution in [3.8, 4) is 22.6 Å². The van der Waals surface area contributed by atoms with Crippen LogP contribution in [0.2, 0.25) is 0 Å². The van der Waals surface area contributed by atoms with Crippen molar-refractivity contribution >= 4 is 28.2 Å². The number of hydrogen-bond acceptors (Lipinski definition) is 6. The molecule has 2 aliphatic rings. The van der Waals surface area contributed by atoms with Crippen LogP contribution in [0, 0.1) is 30.3 Å². The van der Waals surface area contributed by atoms with Crippen LogP contribution >= 0.6 is 0 Å². The lowest BCUT2D eigenvalue weighted by molar-refractivity contribution is -0.120. The second kappa shape index (κ2) is 11.0. The van der Waals surface area contributed by atoms with E-state index in [1.54, 1.807) is 24.1 Å². The van der Waals surface area contributed by atoms with Gasteiger partial charge in [0.25, 0.3) is 5.56 Å². The number of carbonyl (C=O) groups excluding carboxylic acids is 1. The van der Waals surface area contributed by atoms with Gasteiger partial charge in [0.2, 0.25) is 5.91 Å². The summed E-state index contributed by atoms with van der Waals surface area (Å²) in [4.78, 5) is 36.1. The number of anilines is 2. The Morgan fingerprint density at radius 2 is 1.77 bits per heavy atom. The maximum absolute atomic E-state index is 17.1. The van der Waals surface area contributed by atoms with Gasteiger partial charge in [0, 0.05) is 24.7 Å². The molecule has 0 unspecified atom stereocenters. The van der Waals surface area contributed by atoms with Gasteiger partial charge < -0.3 is 20.0 Å². The molecule has 230 valence electrons. The van der Waals surface area contributed by atoms with Gasteiger partial charge >= 0.3 is 0 Å². The molecule has 2 atom stereocenters.